The van der Waals surface area contributed by atoms with Gasteiger partial charge in [0.25, 0.3) is 0 Å². The molecule has 134 valence electrons. The third kappa shape index (κ3) is 3.28. The summed E-state index contributed by atoms with van der Waals surface area (Å²) in [6, 6.07) is 3.82. The molecule has 0 amide bonds. The molecule has 8 heteroatoms. The highest BCUT2D eigenvalue weighted by molar-refractivity contribution is 5.59. The van der Waals surface area contributed by atoms with Gasteiger partial charge in [-0.25, -0.2) is 19.3 Å². The molecule has 1 N–H and O–H groups in total. The molecule has 26 heavy (non-hydrogen) atoms. The molecule has 4 rings (SSSR count). The molecule has 1 saturated heterocycles. The van der Waals surface area contributed by atoms with Crippen LogP contribution in [0, 0.1) is 12.7 Å². The summed E-state index contributed by atoms with van der Waals surface area (Å²) >= 11 is 0. The zero-order valence-electron chi connectivity index (χ0n) is 14.4. The second-order valence-electron chi connectivity index (χ2n) is 6.16. The number of halogens is 1. The summed E-state index contributed by atoms with van der Waals surface area (Å²) in [5.74, 6) is 0.692. The Morgan fingerprint density at radius 3 is 2.69 bits per heavy atom. The number of anilines is 2. The fourth-order valence-corrected chi connectivity index (χ4v) is 3.20. The number of imidazole rings is 1. The van der Waals surface area contributed by atoms with Crippen molar-refractivity contribution in [2.75, 3.05) is 18.5 Å². The maximum absolute atomic E-state index is 14.5. The monoisotopic (exact) mass is 354 g/mol. The Balaban J connectivity index is 1.70. The van der Waals surface area contributed by atoms with Crippen molar-refractivity contribution in [3.05, 3.63) is 48.6 Å². The number of hydrogen-bond donors (Lipinski definition) is 1. The maximum atomic E-state index is 14.5. The average molecular weight is 354 g/mol. The summed E-state index contributed by atoms with van der Waals surface area (Å²) in [5, 5.41) is 3.07. The van der Waals surface area contributed by atoms with Gasteiger partial charge in [-0.3, -0.25) is 4.98 Å². The van der Waals surface area contributed by atoms with Crippen LogP contribution in [0.15, 0.2) is 36.9 Å². The molecule has 0 bridgehead atoms. The van der Waals surface area contributed by atoms with E-state index in [-0.39, 0.29) is 11.7 Å². The molecule has 0 aromatic carbocycles. The molecule has 3 aromatic rings. The summed E-state index contributed by atoms with van der Waals surface area (Å²) in [6.45, 7) is 3.32. The van der Waals surface area contributed by atoms with Gasteiger partial charge in [-0.1, -0.05) is 0 Å². The van der Waals surface area contributed by atoms with Crippen LogP contribution in [0.1, 0.15) is 24.7 Å². The van der Waals surface area contributed by atoms with E-state index in [2.05, 4.69) is 29.8 Å². The smallest absolute Gasteiger partial charge is 0.227 e. The lowest BCUT2D eigenvalue weighted by molar-refractivity contribution is 0.0694. The maximum Gasteiger partial charge on any atom is 0.227 e. The molecule has 0 atom stereocenters. The van der Waals surface area contributed by atoms with Crippen LogP contribution in [0.4, 0.5) is 16.0 Å². The second-order valence-corrected chi connectivity index (χ2v) is 6.16. The van der Waals surface area contributed by atoms with E-state index in [1.54, 1.807) is 30.7 Å². The number of aryl methyl sites for hydroxylation is 1. The molecule has 3 aromatic heterocycles. The van der Waals surface area contributed by atoms with Crippen molar-refractivity contribution in [2.24, 2.45) is 0 Å². The Morgan fingerprint density at radius 2 is 1.92 bits per heavy atom. The van der Waals surface area contributed by atoms with Crippen molar-refractivity contribution in [3.8, 4) is 11.4 Å². The van der Waals surface area contributed by atoms with Crippen LogP contribution in [0.3, 0.4) is 0 Å². The third-order valence-corrected chi connectivity index (χ3v) is 4.46. The molecule has 0 aliphatic carbocycles. The first-order valence-corrected chi connectivity index (χ1v) is 8.54. The first kappa shape index (κ1) is 16.6. The van der Waals surface area contributed by atoms with Gasteiger partial charge in [0.2, 0.25) is 5.95 Å². The van der Waals surface area contributed by atoms with E-state index in [1.165, 1.54) is 6.20 Å². The molecule has 0 radical (unpaired) electrons. The van der Waals surface area contributed by atoms with Crippen LogP contribution in [-0.4, -0.2) is 37.7 Å². The molecule has 0 unspecified atom stereocenters. The molecule has 1 aliphatic rings. The van der Waals surface area contributed by atoms with Crippen molar-refractivity contribution in [1.82, 2.24) is 24.5 Å². The van der Waals surface area contributed by atoms with Crippen molar-refractivity contribution >= 4 is 11.6 Å². The number of hydrogen-bond acceptors (Lipinski definition) is 6. The van der Waals surface area contributed by atoms with Crippen molar-refractivity contribution in [1.29, 1.82) is 0 Å². The lowest BCUT2D eigenvalue weighted by Crippen LogP contribution is -2.21. The Bertz CT molecular complexity index is 892. The topological polar surface area (TPSA) is 77.8 Å². The summed E-state index contributed by atoms with van der Waals surface area (Å²) in [5.41, 5.74) is 1.68. The summed E-state index contributed by atoms with van der Waals surface area (Å²) in [7, 11) is 0. The predicted molar refractivity (Wildman–Crippen MR) is 94.6 cm³/mol. The first-order chi connectivity index (χ1) is 12.7. The van der Waals surface area contributed by atoms with Gasteiger partial charge >= 0.3 is 0 Å². The number of ether oxygens (including phenoxy) is 1. The lowest BCUT2D eigenvalue weighted by Gasteiger charge is -2.26. The van der Waals surface area contributed by atoms with Gasteiger partial charge in [-0.2, -0.15) is 0 Å². The van der Waals surface area contributed by atoms with Gasteiger partial charge in [0.15, 0.2) is 5.82 Å². The zero-order chi connectivity index (χ0) is 17.9. The van der Waals surface area contributed by atoms with Crippen LogP contribution in [0.2, 0.25) is 0 Å². The molecule has 1 fully saturated rings. The number of rotatable bonds is 4. The Labute approximate surface area is 150 Å². The van der Waals surface area contributed by atoms with E-state index in [1.807, 2.05) is 6.92 Å². The normalized spacial score (nSPS) is 15.2. The van der Waals surface area contributed by atoms with Crippen LogP contribution in [0.5, 0.6) is 0 Å². The van der Waals surface area contributed by atoms with Crippen LogP contribution in [-0.2, 0) is 4.74 Å². The molecular weight excluding hydrogens is 335 g/mol. The summed E-state index contributed by atoms with van der Waals surface area (Å²) in [6.07, 6.45) is 7.93. The van der Waals surface area contributed by atoms with Gasteiger partial charge in [-0.05, 0) is 31.9 Å². The van der Waals surface area contributed by atoms with Gasteiger partial charge in [-0.15, -0.1) is 0 Å². The van der Waals surface area contributed by atoms with E-state index >= 15 is 0 Å². The molecule has 4 heterocycles. The van der Waals surface area contributed by atoms with Crippen LogP contribution in [0.25, 0.3) is 11.4 Å². The number of pyridine rings is 1. The fraction of sp³-hybridized carbons (Fsp3) is 0.333. The molecule has 1 aliphatic heterocycles. The molecule has 7 nitrogen and oxygen atoms in total. The highest BCUT2D eigenvalue weighted by Crippen LogP contribution is 2.30. The van der Waals surface area contributed by atoms with Gasteiger partial charge in [0.1, 0.15) is 11.5 Å². The standard InChI is InChI=1S/C18H19FN6O/c1-12-21-11-16(25(12)14-4-8-26-9-5-14)17-15(19)10-22-18(24-17)23-13-2-6-20-7-3-13/h2-3,6-7,10-11,14H,4-5,8-9H2,1H3,(H,20,22,23,24). The second kappa shape index (κ2) is 7.17. The largest absolute Gasteiger partial charge is 0.381 e. The summed E-state index contributed by atoms with van der Waals surface area (Å²) < 4.78 is 22.0. The lowest BCUT2D eigenvalue weighted by atomic mass is 10.1. The van der Waals surface area contributed by atoms with Crippen LogP contribution >= 0.6 is 0 Å². The van der Waals surface area contributed by atoms with Gasteiger partial charge in [0.05, 0.1) is 18.1 Å². The Hall–Kier alpha value is -2.87. The van der Waals surface area contributed by atoms with Gasteiger partial charge < -0.3 is 14.6 Å². The van der Waals surface area contributed by atoms with E-state index in [4.69, 9.17) is 4.74 Å². The Morgan fingerprint density at radius 1 is 1.15 bits per heavy atom. The minimum atomic E-state index is -0.474. The first-order valence-electron chi connectivity index (χ1n) is 8.54. The van der Waals surface area contributed by atoms with E-state index in [0.29, 0.717) is 24.9 Å². The zero-order valence-corrected chi connectivity index (χ0v) is 14.4. The highest BCUT2D eigenvalue weighted by atomic mass is 19.1. The average Bonchev–Trinajstić information content (AvgIpc) is 3.06. The molecular formula is C18H19FN6O. The number of aromatic nitrogens is 5. The van der Waals surface area contributed by atoms with Crippen molar-refractivity contribution in [3.63, 3.8) is 0 Å². The van der Waals surface area contributed by atoms with Crippen LogP contribution < -0.4 is 5.32 Å². The van der Waals surface area contributed by atoms with E-state index in [0.717, 1.165) is 24.4 Å². The minimum absolute atomic E-state index is 0.229. The quantitative estimate of drug-likeness (QED) is 0.775. The molecule has 0 saturated carbocycles. The van der Waals surface area contributed by atoms with Crippen molar-refractivity contribution < 1.29 is 9.13 Å². The number of nitrogens with zero attached hydrogens (tertiary/aromatic N) is 5. The van der Waals surface area contributed by atoms with Gasteiger partial charge in [0, 0.05) is 37.3 Å². The molecule has 0 spiro atoms. The minimum Gasteiger partial charge on any atom is -0.381 e. The SMILES string of the molecule is Cc1ncc(-c2nc(Nc3ccncc3)ncc2F)n1C1CCOCC1. The highest BCUT2D eigenvalue weighted by Gasteiger charge is 2.23. The fourth-order valence-electron chi connectivity index (χ4n) is 3.20. The van der Waals surface area contributed by atoms with Crippen molar-refractivity contribution in [2.45, 2.75) is 25.8 Å². The third-order valence-electron chi connectivity index (χ3n) is 4.46. The number of nitrogens with one attached hydrogen (secondary N) is 1. The Kier molecular flexibility index (Phi) is 4.57. The van der Waals surface area contributed by atoms with E-state index < -0.39 is 5.82 Å². The van der Waals surface area contributed by atoms with E-state index in [9.17, 15) is 4.39 Å². The summed E-state index contributed by atoms with van der Waals surface area (Å²) in [4.78, 5) is 16.8. The predicted octanol–water partition coefficient (Wildman–Crippen LogP) is 3.28.